The summed E-state index contributed by atoms with van der Waals surface area (Å²) in [6, 6.07) is 8.12. The van der Waals surface area contributed by atoms with Crippen LogP contribution in [0.1, 0.15) is 23.0 Å². The zero-order valence-corrected chi connectivity index (χ0v) is 13.7. The van der Waals surface area contributed by atoms with E-state index in [0.29, 0.717) is 17.9 Å². The van der Waals surface area contributed by atoms with E-state index in [1.54, 1.807) is 35.1 Å². The van der Waals surface area contributed by atoms with Gasteiger partial charge in [0.2, 0.25) is 0 Å². The highest BCUT2D eigenvalue weighted by atomic mass is 35.5. The summed E-state index contributed by atoms with van der Waals surface area (Å²) in [5.74, 6) is -0.330. The second-order valence-corrected chi connectivity index (χ2v) is 5.51. The van der Waals surface area contributed by atoms with Gasteiger partial charge in [-0.1, -0.05) is 29.8 Å². The highest BCUT2D eigenvalue weighted by Crippen LogP contribution is 2.17. The Morgan fingerprint density at radius 3 is 2.88 bits per heavy atom. The topological polar surface area (TPSA) is 64.7 Å². The largest absolute Gasteiger partial charge is 0.304 e. The summed E-state index contributed by atoms with van der Waals surface area (Å²) in [6.45, 7) is 2.66. The van der Waals surface area contributed by atoms with Crippen LogP contribution in [0.15, 0.2) is 42.7 Å². The van der Waals surface area contributed by atoms with Crippen LogP contribution in [0.2, 0.25) is 5.02 Å². The molecule has 6 nitrogen and oxygen atoms in total. The highest BCUT2D eigenvalue weighted by Gasteiger charge is 2.17. The number of nitrogens with zero attached hydrogens (tertiary/aromatic N) is 4. The minimum atomic E-state index is -0.393. The predicted molar refractivity (Wildman–Crippen MR) is 88.6 cm³/mol. The van der Waals surface area contributed by atoms with Crippen molar-refractivity contribution in [3.8, 4) is 0 Å². The third-order valence-corrected chi connectivity index (χ3v) is 3.76. The second-order valence-electron chi connectivity index (χ2n) is 5.10. The minimum Gasteiger partial charge on any atom is -0.304 e. The molecule has 0 aliphatic rings. The molecule has 0 spiro atoms. The summed E-state index contributed by atoms with van der Waals surface area (Å²) < 4.78 is 16.7. The number of carbonyl (C=O) groups excluding carboxylic acids is 1. The normalized spacial score (nSPS) is 10.8. The van der Waals surface area contributed by atoms with E-state index in [-0.39, 0.29) is 23.1 Å². The molecule has 3 rings (SSSR count). The fraction of sp³-hybridized carbons (Fsp3) is 0.188. The zero-order valence-electron chi connectivity index (χ0n) is 12.9. The molecule has 0 aliphatic heterocycles. The fourth-order valence-corrected chi connectivity index (χ4v) is 2.55. The molecule has 2 aromatic heterocycles. The van der Waals surface area contributed by atoms with Crippen LogP contribution >= 0.6 is 11.6 Å². The second kappa shape index (κ2) is 6.84. The molecule has 0 radical (unpaired) electrons. The van der Waals surface area contributed by atoms with Gasteiger partial charge in [-0.25, -0.2) is 4.39 Å². The van der Waals surface area contributed by atoms with Crippen molar-refractivity contribution in [3.63, 3.8) is 0 Å². The van der Waals surface area contributed by atoms with Gasteiger partial charge in [0, 0.05) is 24.4 Å². The lowest BCUT2D eigenvalue weighted by atomic mass is 10.2. The molecule has 0 fully saturated rings. The van der Waals surface area contributed by atoms with Crippen molar-refractivity contribution in [2.24, 2.45) is 0 Å². The molecule has 1 aromatic carbocycles. The molecule has 0 unspecified atom stereocenters. The molecule has 0 bridgehead atoms. The third kappa shape index (κ3) is 3.30. The Kier molecular flexibility index (Phi) is 4.61. The maximum atomic E-state index is 13.7. The first-order valence-electron chi connectivity index (χ1n) is 7.38. The van der Waals surface area contributed by atoms with E-state index in [4.69, 9.17) is 11.6 Å². The van der Waals surface area contributed by atoms with E-state index in [1.807, 2.05) is 6.92 Å². The SMILES string of the molecule is CCn1ncc(Cl)c1C(=O)Nc1ccn(Cc2ccccc2F)n1. The number of hydrogen-bond acceptors (Lipinski definition) is 3. The Morgan fingerprint density at radius 2 is 2.12 bits per heavy atom. The van der Waals surface area contributed by atoms with Gasteiger partial charge in [0.15, 0.2) is 5.82 Å². The van der Waals surface area contributed by atoms with Crippen LogP contribution in [0.5, 0.6) is 0 Å². The number of hydrogen-bond donors (Lipinski definition) is 1. The van der Waals surface area contributed by atoms with Crippen molar-refractivity contribution in [2.45, 2.75) is 20.0 Å². The fourth-order valence-electron chi connectivity index (χ4n) is 2.32. The lowest BCUT2D eigenvalue weighted by molar-refractivity contribution is 0.101. The van der Waals surface area contributed by atoms with Crippen LogP contribution < -0.4 is 5.32 Å². The van der Waals surface area contributed by atoms with Crippen molar-refractivity contribution in [2.75, 3.05) is 5.32 Å². The average Bonchev–Trinajstić information content (AvgIpc) is 3.15. The van der Waals surface area contributed by atoms with Crippen molar-refractivity contribution < 1.29 is 9.18 Å². The molecule has 8 heteroatoms. The molecular weight excluding hydrogens is 333 g/mol. The summed E-state index contributed by atoms with van der Waals surface area (Å²) in [5.41, 5.74) is 0.799. The molecule has 0 saturated carbocycles. The van der Waals surface area contributed by atoms with E-state index in [9.17, 15) is 9.18 Å². The van der Waals surface area contributed by atoms with Gasteiger partial charge in [-0.3, -0.25) is 14.2 Å². The Hall–Kier alpha value is -2.67. The molecule has 124 valence electrons. The van der Waals surface area contributed by atoms with E-state index in [1.165, 1.54) is 16.9 Å². The van der Waals surface area contributed by atoms with Gasteiger partial charge in [-0.15, -0.1) is 0 Å². The van der Waals surface area contributed by atoms with E-state index >= 15 is 0 Å². The number of nitrogens with one attached hydrogen (secondary N) is 1. The molecule has 0 saturated heterocycles. The number of rotatable bonds is 5. The number of carbonyl (C=O) groups is 1. The van der Waals surface area contributed by atoms with Crippen LogP contribution in [0.25, 0.3) is 0 Å². The van der Waals surface area contributed by atoms with Crippen LogP contribution in [0.3, 0.4) is 0 Å². The Labute approximate surface area is 142 Å². The third-order valence-electron chi connectivity index (χ3n) is 3.48. The molecular formula is C16H15ClFN5O. The van der Waals surface area contributed by atoms with Crippen molar-refractivity contribution in [3.05, 3.63) is 64.8 Å². The van der Waals surface area contributed by atoms with E-state index in [0.717, 1.165) is 0 Å². The smallest absolute Gasteiger partial charge is 0.276 e. The van der Waals surface area contributed by atoms with Crippen LogP contribution in [-0.4, -0.2) is 25.5 Å². The van der Waals surface area contributed by atoms with E-state index in [2.05, 4.69) is 15.5 Å². The molecule has 0 atom stereocenters. The van der Waals surface area contributed by atoms with Gasteiger partial charge in [0.05, 0.1) is 17.8 Å². The van der Waals surface area contributed by atoms with Crippen LogP contribution in [0, 0.1) is 5.82 Å². The van der Waals surface area contributed by atoms with Crippen LogP contribution in [-0.2, 0) is 13.1 Å². The minimum absolute atomic E-state index is 0.274. The van der Waals surface area contributed by atoms with Gasteiger partial charge < -0.3 is 5.32 Å². The molecule has 1 N–H and O–H groups in total. The number of halogens is 2. The number of anilines is 1. The lowest BCUT2D eigenvalue weighted by Crippen LogP contribution is -2.18. The van der Waals surface area contributed by atoms with Gasteiger partial charge in [0.25, 0.3) is 5.91 Å². The van der Waals surface area contributed by atoms with Crippen molar-refractivity contribution >= 4 is 23.3 Å². The number of benzene rings is 1. The zero-order chi connectivity index (χ0) is 17.1. The summed E-state index contributed by atoms with van der Waals surface area (Å²) in [7, 11) is 0. The average molecular weight is 348 g/mol. The molecule has 24 heavy (non-hydrogen) atoms. The standard InChI is InChI=1S/C16H15ClFN5O/c1-2-23-15(12(17)9-19-23)16(24)20-14-7-8-22(21-14)10-11-5-3-4-6-13(11)18/h3-9H,2,10H2,1H3,(H,20,21,24). The number of aryl methyl sites for hydroxylation is 1. The predicted octanol–water partition coefficient (Wildman–Crippen LogP) is 3.19. The van der Waals surface area contributed by atoms with Crippen LogP contribution in [0.4, 0.5) is 10.2 Å². The van der Waals surface area contributed by atoms with Crippen molar-refractivity contribution in [1.29, 1.82) is 0 Å². The maximum absolute atomic E-state index is 13.7. The first-order valence-corrected chi connectivity index (χ1v) is 7.75. The quantitative estimate of drug-likeness (QED) is 0.770. The monoisotopic (exact) mass is 347 g/mol. The lowest BCUT2D eigenvalue weighted by Gasteiger charge is -2.06. The Bertz CT molecular complexity index is 873. The first kappa shape index (κ1) is 16.2. The van der Waals surface area contributed by atoms with Gasteiger partial charge in [-0.05, 0) is 13.0 Å². The number of aromatic nitrogens is 4. The van der Waals surface area contributed by atoms with Gasteiger partial charge in [0.1, 0.15) is 11.5 Å². The van der Waals surface area contributed by atoms with E-state index < -0.39 is 5.91 Å². The maximum Gasteiger partial charge on any atom is 0.276 e. The summed E-state index contributed by atoms with van der Waals surface area (Å²) in [4.78, 5) is 12.3. The Morgan fingerprint density at radius 1 is 1.33 bits per heavy atom. The Balaban J connectivity index is 1.73. The van der Waals surface area contributed by atoms with Gasteiger partial charge >= 0.3 is 0 Å². The van der Waals surface area contributed by atoms with Crippen molar-refractivity contribution in [1.82, 2.24) is 19.6 Å². The molecule has 1 amide bonds. The molecule has 0 aliphatic carbocycles. The number of amides is 1. The first-order chi connectivity index (χ1) is 11.6. The molecule has 2 heterocycles. The highest BCUT2D eigenvalue weighted by molar-refractivity contribution is 6.34. The summed E-state index contributed by atoms with van der Waals surface area (Å²) >= 11 is 6.00. The summed E-state index contributed by atoms with van der Waals surface area (Å²) in [5, 5.41) is 11.2. The summed E-state index contributed by atoms with van der Waals surface area (Å²) in [6.07, 6.45) is 3.09. The van der Waals surface area contributed by atoms with Gasteiger partial charge in [-0.2, -0.15) is 10.2 Å². The molecule has 3 aromatic rings.